The Morgan fingerprint density at radius 2 is 1.59 bits per heavy atom. The van der Waals surface area contributed by atoms with Gasteiger partial charge in [-0.2, -0.15) is 0 Å². The molecule has 0 aromatic heterocycles. The molecule has 6 nitrogen and oxygen atoms in total. The normalized spacial score (nSPS) is 24.9. The highest BCUT2D eigenvalue weighted by Crippen LogP contribution is 2.55. The van der Waals surface area contributed by atoms with E-state index in [1.165, 1.54) is 0 Å². The zero-order chi connectivity index (χ0) is 16.3. The summed E-state index contributed by atoms with van der Waals surface area (Å²) in [5.41, 5.74) is -0.161. The lowest BCUT2D eigenvalue weighted by atomic mass is 9.98. The molecule has 0 bridgehead atoms. The maximum atomic E-state index is 12.8. The molecule has 0 atom stereocenters. The van der Waals surface area contributed by atoms with Crippen LogP contribution in [0.5, 0.6) is 0 Å². The van der Waals surface area contributed by atoms with E-state index in [0.717, 1.165) is 12.8 Å². The third kappa shape index (κ3) is 3.58. The molecule has 2 saturated heterocycles. The summed E-state index contributed by atoms with van der Waals surface area (Å²) in [7, 11) is -3.18. The highest BCUT2D eigenvalue weighted by atomic mass is 31.2. The monoisotopic (exact) mass is 335 g/mol. The van der Waals surface area contributed by atoms with E-state index in [1.54, 1.807) is 0 Å². The molecule has 0 aromatic rings. The molecule has 0 unspecified atom stereocenters. The number of hydrogen-bond acceptors (Lipinski definition) is 5. The Morgan fingerprint density at radius 1 is 1.05 bits per heavy atom. The van der Waals surface area contributed by atoms with Crippen LogP contribution in [0.25, 0.3) is 0 Å². The molecule has 2 aliphatic heterocycles. The minimum atomic E-state index is -3.18. The van der Waals surface area contributed by atoms with Crippen molar-refractivity contribution in [2.45, 2.75) is 64.8 Å². The van der Waals surface area contributed by atoms with Gasteiger partial charge in [0.05, 0.1) is 25.4 Å². The molecule has 2 heterocycles. The summed E-state index contributed by atoms with van der Waals surface area (Å²) in [4.78, 5) is 0. The van der Waals surface area contributed by atoms with E-state index < -0.39 is 13.5 Å². The third-order valence-electron chi connectivity index (χ3n) is 4.72. The second kappa shape index (κ2) is 7.29. The Kier molecular flexibility index (Phi) is 6.08. The van der Waals surface area contributed by atoms with Crippen LogP contribution in [0, 0.1) is 0 Å². The fourth-order valence-electron chi connectivity index (χ4n) is 3.17. The standard InChI is InChI=1S/C15H30NO5P/c1-5-14(6-2)13-18-15(21-14)9-11-16(12-10-15)22(17,19-7-3)20-8-4/h5-13H2,1-4H3. The molecule has 2 fully saturated rings. The fourth-order valence-corrected chi connectivity index (χ4v) is 4.91. The number of ether oxygens (including phenoxy) is 2. The topological polar surface area (TPSA) is 57.2 Å². The summed E-state index contributed by atoms with van der Waals surface area (Å²) in [5.74, 6) is -0.522. The Bertz CT molecular complexity index is 395. The van der Waals surface area contributed by atoms with Gasteiger partial charge in [-0.05, 0) is 26.7 Å². The van der Waals surface area contributed by atoms with Gasteiger partial charge >= 0.3 is 7.75 Å². The first-order chi connectivity index (χ1) is 10.5. The van der Waals surface area contributed by atoms with Crippen LogP contribution in [0.3, 0.4) is 0 Å². The molecular weight excluding hydrogens is 305 g/mol. The summed E-state index contributed by atoms with van der Waals surface area (Å²) >= 11 is 0. The van der Waals surface area contributed by atoms with Gasteiger partial charge in [-0.25, -0.2) is 9.24 Å². The Morgan fingerprint density at radius 3 is 2.00 bits per heavy atom. The van der Waals surface area contributed by atoms with Crippen LogP contribution in [0.4, 0.5) is 0 Å². The van der Waals surface area contributed by atoms with Crippen LogP contribution in [0.15, 0.2) is 0 Å². The van der Waals surface area contributed by atoms with Crippen LogP contribution in [0.1, 0.15) is 53.4 Å². The van der Waals surface area contributed by atoms with Crippen molar-refractivity contribution < 1.29 is 23.1 Å². The molecule has 0 radical (unpaired) electrons. The predicted octanol–water partition coefficient (Wildman–Crippen LogP) is 3.57. The molecule has 2 rings (SSSR count). The number of piperidine rings is 1. The van der Waals surface area contributed by atoms with Gasteiger partial charge < -0.3 is 9.47 Å². The van der Waals surface area contributed by atoms with Gasteiger partial charge in [0.25, 0.3) is 0 Å². The summed E-state index contributed by atoms with van der Waals surface area (Å²) < 4.78 is 37.8. The van der Waals surface area contributed by atoms with Gasteiger partial charge in [-0.3, -0.25) is 9.05 Å². The van der Waals surface area contributed by atoms with Gasteiger partial charge in [0.2, 0.25) is 0 Å². The first-order valence-electron chi connectivity index (χ1n) is 8.45. The molecular formula is C15H30NO5P. The van der Waals surface area contributed by atoms with Crippen molar-refractivity contribution in [3.05, 3.63) is 0 Å². The van der Waals surface area contributed by atoms with Crippen LogP contribution in [-0.2, 0) is 23.1 Å². The van der Waals surface area contributed by atoms with Gasteiger partial charge in [0, 0.05) is 25.9 Å². The SMILES string of the molecule is CCOP(=O)(OCC)N1CCC2(CC1)OCC(CC)(CC)O2. The predicted molar refractivity (Wildman–Crippen MR) is 84.7 cm³/mol. The molecule has 7 heteroatoms. The van der Waals surface area contributed by atoms with Gasteiger partial charge in [0.15, 0.2) is 5.79 Å². The van der Waals surface area contributed by atoms with Crippen molar-refractivity contribution >= 4 is 7.75 Å². The van der Waals surface area contributed by atoms with E-state index >= 15 is 0 Å². The van der Waals surface area contributed by atoms with E-state index in [4.69, 9.17) is 18.5 Å². The van der Waals surface area contributed by atoms with Crippen molar-refractivity contribution in [1.29, 1.82) is 0 Å². The molecule has 0 aliphatic carbocycles. The van der Waals surface area contributed by atoms with E-state index in [2.05, 4.69) is 13.8 Å². The first kappa shape index (κ1) is 18.4. The van der Waals surface area contributed by atoms with Gasteiger partial charge in [-0.15, -0.1) is 0 Å². The first-order valence-corrected chi connectivity index (χ1v) is 9.95. The molecule has 0 N–H and O–H groups in total. The molecule has 0 saturated carbocycles. The van der Waals surface area contributed by atoms with E-state index in [9.17, 15) is 4.57 Å². The van der Waals surface area contributed by atoms with Crippen molar-refractivity contribution in [1.82, 2.24) is 4.67 Å². The lowest BCUT2D eigenvalue weighted by molar-refractivity contribution is -0.208. The lowest BCUT2D eigenvalue weighted by Crippen LogP contribution is -2.45. The summed E-state index contributed by atoms with van der Waals surface area (Å²) in [6.45, 7) is 10.5. The zero-order valence-corrected chi connectivity index (χ0v) is 15.2. The number of rotatable bonds is 7. The maximum Gasteiger partial charge on any atom is 0.408 e. The molecule has 0 amide bonds. The van der Waals surface area contributed by atoms with Crippen molar-refractivity contribution in [2.24, 2.45) is 0 Å². The average molecular weight is 335 g/mol. The summed E-state index contributed by atoms with van der Waals surface area (Å²) in [6, 6.07) is 0. The van der Waals surface area contributed by atoms with E-state index in [1.807, 2.05) is 18.5 Å². The molecule has 1 spiro atoms. The Labute approximate surface area is 134 Å². The van der Waals surface area contributed by atoms with Crippen molar-refractivity contribution in [3.63, 3.8) is 0 Å². The van der Waals surface area contributed by atoms with Gasteiger partial charge in [-0.1, -0.05) is 13.8 Å². The quantitative estimate of drug-likeness (QED) is 0.663. The minimum absolute atomic E-state index is 0.161. The zero-order valence-electron chi connectivity index (χ0n) is 14.3. The summed E-state index contributed by atoms with van der Waals surface area (Å²) in [6.07, 6.45) is 3.29. The van der Waals surface area contributed by atoms with E-state index in [-0.39, 0.29) is 5.60 Å². The van der Waals surface area contributed by atoms with Crippen LogP contribution in [0.2, 0.25) is 0 Å². The highest BCUT2D eigenvalue weighted by molar-refractivity contribution is 7.51. The van der Waals surface area contributed by atoms with Crippen LogP contribution < -0.4 is 0 Å². The van der Waals surface area contributed by atoms with Gasteiger partial charge in [0.1, 0.15) is 0 Å². The van der Waals surface area contributed by atoms with Crippen molar-refractivity contribution in [2.75, 3.05) is 32.9 Å². The largest absolute Gasteiger partial charge is 0.408 e. The van der Waals surface area contributed by atoms with E-state index in [0.29, 0.717) is 45.8 Å². The summed E-state index contributed by atoms with van der Waals surface area (Å²) in [5, 5.41) is 0. The smallest absolute Gasteiger partial charge is 0.347 e. The second-order valence-electron chi connectivity index (χ2n) is 5.95. The molecule has 130 valence electrons. The molecule has 0 aromatic carbocycles. The maximum absolute atomic E-state index is 12.8. The molecule has 22 heavy (non-hydrogen) atoms. The second-order valence-corrected chi connectivity index (χ2v) is 7.97. The van der Waals surface area contributed by atoms with Crippen LogP contribution in [-0.4, -0.2) is 49.0 Å². The van der Waals surface area contributed by atoms with Crippen LogP contribution >= 0.6 is 7.75 Å². The third-order valence-corrected chi connectivity index (χ3v) is 6.98. The Balaban J connectivity index is 2.00. The number of hydrogen-bond donors (Lipinski definition) is 0. The fraction of sp³-hybridized carbons (Fsp3) is 1.00. The number of nitrogens with zero attached hydrogens (tertiary/aromatic N) is 1. The Hall–Kier alpha value is 0.0300. The van der Waals surface area contributed by atoms with Crippen molar-refractivity contribution in [3.8, 4) is 0 Å². The highest BCUT2D eigenvalue weighted by Gasteiger charge is 2.51. The average Bonchev–Trinajstić information content (AvgIpc) is 2.88. The minimum Gasteiger partial charge on any atom is -0.347 e. The lowest BCUT2D eigenvalue weighted by Gasteiger charge is -2.40. The molecule has 2 aliphatic rings.